The molecular formula is C35H42O6. The van der Waals surface area contributed by atoms with Gasteiger partial charge in [0, 0.05) is 11.1 Å². The van der Waals surface area contributed by atoms with E-state index in [0.29, 0.717) is 19.8 Å². The molecule has 0 amide bonds. The third kappa shape index (κ3) is 7.24. The third-order valence-electron chi connectivity index (χ3n) is 8.15. The van der Waals surface area contributed by atoms with Gasteiger partial charge in [-0.2, -0.15) is 0 Å². The lowest BCUT2D eigenvalue weighted by Gasteiger charge is -2.32. The Hall–Kier alpha value is -3.06. The number of rotatable bonds is 15. The predicted octanol–water partition coefficient (Wildman–Crippen LogP) is 6.06. The van der Waals surface area contributed by atoms with Crippen LogP contribution in [0.15, 0.2) is 66.7 Å². The molecule has 3 aliphatic heterocycles. The second-order valence-electron chi connectivity index (χ2n) is 12.8. The van der Waals surface area contributed by atoms with Crippen molar-refractivity contribution in [3.63, 3.8) is 0 Å². The topological polar surface area (TPSA) is 65.3 Å². The second-order valence-corrected chi connectivity index (χ2v) is 12.8. The summed E-state index contributed by atoms with van der Waals surface area (Å²) in [6.45, 7) is 13.2. The van der Waals surface area contributed by atoms with E-state index in [1.54, 1.807) is 0 Å². The summed E-state index contributed by atoms with van der Waals surface area (Å²) in [6, 6.07) is 23.3. The molecule has 0 aromatic heterocycles. The highest BCUT2D eigenvalue weighted by atomic mass is 16.6. The fraction of sp³-hybridized carbons (Fsp3) is 0.486. The van der Waals surface area contributed by atoms with E-state index in [4.69, 9.17) is 28.4 Å². The Morgan fingerprint density at radius 3 is 1.68 bits per heavy atom. The summed E-state index contributed by atoms with van der Waals surface area (Å²) in [4.78, 5) is 0. The molecule has 3 heterocycles. The minimum absolute atomic E-state index is 0.171. The summed E-state index contributed by atoms with van der Waals surface area (Å²) in [7, 11) is 0. The number of para-hydroxylation sites is 3. The van der Waals surface area contributed by atoms with Crippen LogP contribution >= 0.6 is 0 Å². The Labute approximate surface area is 243 Å². The quantitative estimate of drug-likeness (QED) is 0.211. The summed E-state index contributed by atoms with van der Waals surface area (Å²) >= 11 is 0. The van der Waals surface area contributed by atoms with E-state index in [1.165, 1.54) is 22.3 Å². The molecule has 0 bridgehead atoms. The van der Waals surface area contributed by atoms with Crippen LogP contribution in [0.1, 0.15) is 49.9 Å². The minimum atomic E-state index is -0.208. The van der Waals surface area contributed by atoms with Gasteiger partial charge in [0.05, 0.1) is 19.8 Å². The third-order valence-corrected chi connectivity index (χ3v) is 8.15. The lowest BCUT2D eigenvalue weighted by molar-refractivity contribution is 0.251. The standard InChI is InChI=1S/C35H42O6/c1-34(2,29-12-6-8-15-32(29)40-22-27-19-37-27)17-25-11-9-13-30(33(25)41-23-28-20-38-28)35(3,4)16-24-10-5-7-14-31(24)39-21-26-18-36-26/h5-15,26-28H,16-23H2,1-4H3. The molecule has 6 heteroatoms. The van der Waals surface area contributed by atoms with Crippen molar-refractivity contribution in [2.45, 2.75) is 69.7 Å². The predicted molar refractivity (Wildman–Crippen MR) is 158 cm³/mol. The van der Waals surface area contributed by atoms with Crippen LogP contribution in [0.5, 0.6) is 17.2 Å². The van der Waals surface area contributed by atoms with Gasteiger partial charge in [-0.15, -0.1) is 0 Å². The Morgan fingerprint density at radius 1 is 0.561 bits per heavy atom. The monoisotopic (exact) mass is 558 g/mol. The van der Waals surface area contributed by atoms with Gasteiger partial charge in [0.15, 0.2) is 0 Å². The van der Waals surface area contributed by atoms with Crippen LogP contribution < -0.4 is 14.2 Å². The molecule has 0 spiro atoms. The normalized spacial score (nSPS) is 21.3. The maximum Gasteiger partial charge on any atom is 0.126 e. The van der Waals surface area contributed by atoms with Crippen LogP contribution in [0.4, 0.5) is 0 Å². The van der Waals surface area contributed by atoms with Crippen molar-refractivity contribution in [3.8, 4) is 17.2 Å². The fourth-order valence-corrected chi connectivity index (χ4v) is 5.55. The molecule has 3 unspecified atom stereocenters. The number of hydrogen-bond acceptors (Lipinski definition) is 6. The molecule has 0 saturated carbocycles. The van der Waals surface area contributed by atoms with E-state index >= 15 is 0 Å². The molecule has 6 nitrogen and oxygen atoms in total. The van der Waals surface area contributed by atoms with Gasteiger partial charge in [-0.05, 0) is 46.9 Å². The Balaban J connectivity index is 1.28. The minimum Gasteiger partial charge on any atom is -0.491 e. The van der Waals surface area contributed by atoms with Crippen molar-refractivity contribution in [2.75, 3.05) is 39.6 Å². The molecule has 41 heavy (non-hydrogen) atoms. The largest absolute Gasteiger partial charge is 0.491 e. The zero-order chi connectivity index (χ0) is 28.5. The van der Waals surface area contributed by atoms with Crippen LogP contribution in [-0.4, -0.2) is 58.0 Å². The highest BCUT2D eigenvalue weighted by Gasteiger charge is 2.33. The lowest BCUT2D eigenvalue weighted by Crippen LogP contribution is -2.26. The average Bonchev–Trinajstić information content (AvgIpc) is 3.80. The summed E-state index contributed by atoms with van der Waals surface area (Å²) < 4.78 is 35.2. The van der Waals surface area contributed by atoms with Gasteiger partial charge in [-0.3, -0.25) is 0 Å². The van der Waals surface area contributed by atoms with Gasteiger partial charge in [0.25, 0.3) is 0 Å². The van der Waals surface area contributed by atoms with E-state index in [-0.39, 0.29) is 29.1 Å². The molecule has 3 atom stereocenters. The molecule has 3 aromatic carbocycles. The number of benzene rings is 3. The summed E-state index contributed by atoms with van der Waals surface area (Å²) in [6.07, 6.45) is 2.23. The summed E-state index contributed by atoms with van der Waals surface area (Å²) in [5.41, 5.74) is 4.36. The lowest BCUT2D eigenvalue weighted by atomic mass is 9.75. The van der Waals surface area contributed by atoms with Crippen LogP contribution in [0.2, 0.25) is 0 Å². The van der Waals surface area contributed by atoms with Gasteiger partial charge >= 0.3 is 0 Å². The SMILES string of the molecule is CC(C)(Cc1cccc(C(C)(C)Cc2ccccc2OCC2CO2)c1OCC1CO1)c1ccccc1OCC1CO1. The number of ether oxygens (including phenoxy) is 6. The number of epoxide rings is 3. The molecule has 3 aliphatic rings. The van der Waals surface area contributed by atoms with Crippen LogP contribution in [-0.2, 0) is 37.9 Å². The van der Waals surface area contributed by atoms with Crippen molar-refractivity contribution in [2.24, 2.45) is 0 Å². The molecule has 0 aliphatic carbocycles. The van der Waals surface area contributed by atoms with E-state index in [0.717, 1.165) is 49.9 Å². The van der Waals surface area contributed by atoms with Crippen LogP contribution in [0.3, 0.4) is 0 Å². The summed E-state index contributed by atoms with van der Waals surface area (Å²) in [5, 5.41) is 0. The molecule has 6 rings (SSSR count). The Kier molecular flexibility index (Phi) is 7.99. The Morgan fingerprint density at radius 2 is 1.02 bits per heavy atom. The van der Waals surface area contributed by atoms with Gasteiger partial charge < -0.3 is 28.4 Å². The average molecular weight is 559 g/mol. The van der Waals surface area contributed by atoms with E-state index < -0.39 is 0 Å². The first kappa shape index (κ1) is 28.1. The first-order valence-corrected chi connectivity index (χ1v) is 14.8. The van der Waals surface area contributed by atoms with Crippen LogP contribution in [0.25, 0.3) is 0 Å². The fourth-order valence-electron chi connectivity index (χ4n) is 5.55. The van der Waals surface area contributed by atoms with Crippen molar-refractivity contribution in [1.29, 1.82) is 0 Å². The van der Waals surface area contributed by atoms with Crippen molar-refractivity contribution in [3.05, 3.63) is 89.0 Å². The van der Waals surface area contributed by atoms with Gasteiger partial charge in [0.1, 0.15) is 55.4 Å². The zero-order valence-corrected chi connectivity index (χ0v) is 24.7. The molecule has 3 fully saturated rings. The van der Waals surface area contributed by atoms with Crippen molar-refractivity contribution in [1.82, 2.24) is 0 Å². The zero-order valence-electron chi connectivity index (χ0n) is 24.7. The second kappa shape index (κ2) is 11.7. The van der Waals surface area contributed by atoms with Crippen LogP contribution in [0, 0.1) is 0 Å². The van der Waals surface area contributed by atoms with Gasteiger partial charge in [-0.1, -0.05) is 82.3 Å². The first-order valence-electron chi connectivity index (χ1n) is 14.8. The van der Waals surface area contributed by atoms with Crippen molar-refractivity contribution >= 4 is 0 Å². The molecule has 0 N–H and O–H groups in total. The molecule has 3 aromatic rings. The van der Waals surface area contributed by atoms with E-state index in [2.05, 4.69) is 82.3 Å². The molecular weight excluding hydrogens is 516 g/mol. The maximum absolute atomic E-state index is 6.61. The molecule has 218 valence electrons. The van der Waals surface area contributed by atoms with Gasteiger partial charge in [-0.25, -0.2) is 0 Å². The molecule has 3 saturated heterocycles. The molecule has 0 radical (unpaired) electrons. The highest BCUT2D eigenvalue weighted by Crippen LogP contribution is 2.42. The smallest absolute Gasteiger partial charge is 0.126 e. The number of hydrogen-bond donors (Lipinski definition) is 0. The van der Waals surface area contributed by atoms with Crippen molar-refractivity contribution < 1.29 is 28.4 Å². The van der Waals surface area contributed by atoms with Gasteiger partial charge in [0.2, 0.25) is 0 Å². The van der Waals surface area contributed by atoms with E-state index in [9.17, 15) is 0 Å². The Bertz CT molecular complexity index is 1340. The first-order chi connectivity index (χ1) is 19.8. The van der Waals surface area contributed by atoms with E-state index in [1.807, 2.05) is 12.1 Å². The highest BCUT2D eigenvalue weighted by molar-refractivity contribution is 5.49. The maximum atomic E-state index is 6.61. The summed E-state index contributed by atoms with van der Waals surface area (Å²) in [5.74, 6) is 2.82.